The molecule has 106 valence electrons. The maximum atomic E-state index is 12.6. The zero-order valence-corrected chi connectivity index (χ0v) is 11.0. The summed E-state index contributed by atoms with van der Waals surface area (Å²) in [6.45, 7) is 0. The summed E-state index contributed by atoms with van der Waals surface area (Å²) in [5.41, 5.74) is 0.574. The average molecular weight is 275 g/mol. The number of hydrogen-bond donors (Lipinski definition) is 2. The number of carboxylic acids is 1. The van der Waals surface area contributed by atoms with Gasteiger partial charge in [0.05, 0.1) is 6.10 Å². The van der Waals surface area contributed by atoms with Crippen LogP contribution in [0.3, 0.4) is 0 Å². The van der Waals surface area contributed by atoms with E-state index in [0.29, 0.717) is 18.4 Å². The summed E-state index contributed by atoms with van der Waals surface area (Å²) in [7, 11) is 0. The standard InChI is InChI=1S/C15H17NO4/c17-12-8-10-6-7-11(13(12)15(19)20)16(10)14(18)9-4-2-1-3-5-9/h1-5,10-13,17H,6-8H2,(H,19,20)/t10-,11-,12-,13+/m1/s1. The Bertz CT molecular complexity index is 530. The van der Waals surface area contributed by atoms with Crippen molar-refractivity contribution < 1.29 is 19.8 Å². The maximum absolute atomic E-state index is 12.6. The summed E-state index contributed by atoms with van der Waals surface area (Å²) in [6, 6.07) is 8.47. The molecular formula is C15H17NO4. The van der Waals surface area contributed by atoms with Gasteiger partial charge in [0.25, 0.3) is 5.91 Å². The Balaban J connectivity index is 1.91. The molecule has 2 saturated heterocycles. The summed E-state index contributed by atoms with van der Waals surface area (Å²) in [6.07, 6.45) is 0.915. The highest BCUT2D eigenvalue weighted by atomic mass is 16.4. The van der Waals surface area contributed by atoms with Crippen LogP contribution in [0.4, 0.5) is 0 Å². The Morgan fingerprint density at radius 3 is 2.50 bits per heavy atom. The Labute approximate surface area is 116 Å². The van der Waals surface area contributed by atoms with Gasteiger partial charge in [0.2, 0.25) is 0 Å². The van der Waals surface area contributed by atoms with Gasteiger partial charge in [-0.1, -0.05) is 18.2 Å². The van der Waals surface area contributed by atoms with Gasteiger partial charge in [0.15, 0.2) is 0 Å². The van der Waals surface area contributed by atoms with Crippen LogP contribution in [0.15, 0.2) is 30.3 Å². The Morgan fingerprint density at radius 1 is 1.15 bits per heavy atom. The van der Waals surface area contributed by atoms with Crippen LogP contribution in [-0.4, -0.2) is 45.2 Å². The summed E-state index contributed by atoms with van der Waals surface area (Å²) in [5, 5.41) is 19.3. The van der Waals surface area contributed by atoms with Crippen LogP contribution in [0.1, 0.15) is 29.6 Å². The number of rotatable bonds is 2. The van der Waals surface area contributed by atoms with Crippen LogP contribution in [0.2, 0.25) is 0 Å². The molecule has 1 aromatic carbocycles. The van der Waals surface area contributed by atoms with E-state index >= 15 is 0 Å². The lowest BCUT2D eigenvalue weighted by molar-refractivity contribution is -0.151. The van der Waals surface area contributed by atoms with Crippen LogP contribution in [0.5, 0.6) is 0 Å². The van der Waals surface area contributed by atoms with Gasteiger partial charge in [0, 0.05) is 17.6 Å². The predicted octanol–water partition coefficient (Wildman–Crippen LogP) is 1.13. The van der Waals surface area contributed by atoms with E-state index in [2.05, 4.69) is 0 Å². The van der Waals surface area contributed by atoms with Crippen molar-refractivity contribution >= 4 is 11.9 Å². The number of carbonyl (C=O) groups is 2. The van der Waals surface area contributed by atoms with Crippen molar-refractivity contribution in [2.75, 3.05) is 0 Å². The molecule has 5 nitrogen and oxygen atoms in total. The third-order valence-corrected chi connectivity index (χ3v) is 4.43. The fourth-order valence-corrected chi connectivity index (χ4v) is 3.55. The Morgan fingerprint density at radius 2 is 1.85 bits per heavy atom. The number of aliphatic hydroxyl groups is 1. The van der Waals surface area contributed by atoms with Crippen molar-refractivity contribution in [3.05, 3.63) is 35.9 Å². The van der Waals surface area contributed by atoms with Crippen molar-refractivity contribution in [2.24, 2.45) is 5.92 Å². The molecule has 0 aromatic heterocycles. The molecule has 2 fully saturated rings. The van der Waals surface area contributed by atoms with E-state index in [-0.39, 0.29) is 11.9 Å². The molecule has 1 amide bonds. The molecule has 0 saturated carbocycles. The second-order valence-corrected chi connectivity index (χ2v) is 5.54. The Kier molecular flexibility index (Phi) is 3.22. The van der Waals surface area contributed by atoms with Gasteiger partial charge in [-0.3, -0.25) is 9.59 Å². The van der Waals surface area contributed by atoms with Crippen LogP contribution in [-0.2, 0) is 4.79 Å². The highest BCUT2D eigenvalue weighted by Crippen LogP contribution is 2.40. The van der Waals surface area contributed by atoms with Gasteiger partial charge < -0.3 is 15.1 Å². The first-order valence-corrected chi connectivity index (χ1v) is 6.88. The molecular weight excluding hydrogens is 258 g/mol. The number of carboxylic acid groups (broad SMARTS) is 1. The molecule has 0 unspecified atom stereocenters. The van der Waals surface area contributed by atoms with Gasteiger partial charge >= 0.3 is 5.97 Å². The Hall–Kier alpha value is -1.88. The van der Waals surface area contributed by atoms with Crippen LogP contribution < -0.4 is 0 Å². The molecule has 1 aromatic rings. The molecule has 2 N–H and O–H groups in total. The molecule has 2 bridgehead atoms. The van der Waals surface area contributed by atoms with Crippen LogP contribution in [0, 0.1) is 5.92 Å². The van der Waals surface area contributed by atoms with E-state index in [0.717, 1.165) is 6.42 Å². The third kappa shape index (κ3) is 1.98. The fourth-order valence-electron chi connectivity index (χ4n) is 3.55. The number of hydrogen-bond acceptors (Lipinski definition) is 3. The van der Waals surface area contributed by atoms with Crippen molar-refractivity contribution in [1.82, 2.24) is 4.90 Å². The molecule has 2 heterocycles. The van der Waals surface area contributed by atoms with Crippen LogP contribution in [0.25, 0.3) is 0 Å². The molecule has 0 radical (unpaired) electrons. The summed E-state index contributed by atoms with van der Waals surface area (Å²) < 4.78 is 0. The topological polar surface area (TPSA) is 77.8 Å². The first kappa shape index (κ1) is 13.1. The SMILES string of the molecule is O=C(O)[C@@H]1[C@H](O)C[C@H]2CC[C@H]1N2C(=O)c1ccccc1. The van der Waals surface area contributed by atoms with Crippen molar-refractivity contribution in [2.45, 2.75) is 37.5 Å². The number of benzene rings is 1. The molecule has 0 aliphatic carbocycles. The van der Waals surface area contributed by atoms with Gasteiger partial charge in [-0.05, 0) is 31.4 Å². The second kappa shape index (κ2) is 4.90. The van der Waals surface area contributed by atoms with E-state index < -0.39 is 24.0 Å². The zero-order chi connectivity index (χ0) is 14.3. The smallest absolute Gasteiger partial charge is 0.311 e. The largest absolute Gasteiger partial charge is 0.481 e. The minimum absolute atomic E-state index is 0.0432. The lowest BCUT2D eigenvalue weighted by Crippen LogP contribution is -2.55. The molecule has 2 aliphatic heterocycles. The molecule has 4 atom stereocenters. The lowest BCUT2D eigenvalue weighted by atomic mass is 9.87. The van der Waals surface area contributed by atoms with Gasteiger partial charge in [-0.2, -0.15) is 0 Å². The summed E-state index contributed by atoms with van der Waals surface area (Å²) >= 11 is 0. The summed E-state index contributed by atoms with van der Waals surface area (Å²) in [5.74, 6) is -2.02. The molecule has 2 aliphatic rings. The monoisotopic (exact) mass is 275 g/mol. The number of carbonyl (C=O) groups excluding carboxylic acids is 1. The highest BCUT2D eigenvalue weighted by molar-refractivity contribution is 5.95. The maximum Gasteiger partial charge on any atom is 0.311 e. The number of piperidine rings is 1. The number of nitrogens with zero attached hydrogens (tertiary/aromatic N) is 1. The van der Waals surface area contributed by atoms with Crippen molar-refractivity contribution in [3.8, 4) is 0 Å². The van der Waals surface area contributed by atoms with Crippen LogP contribution >= 0.6 is 0 Å². The van der Waals surface area contributed by atoms with Gasteiger partial charge in [-0.15, -0.1) is 0 Å². The van der Waals surface area contributed by atoms with Gasteiger partial charge in [0.1, 0.15) is 5.92 Å². The number of aliphatic hydroxyl groups excluding tert-OH is 1. The first-order valence-electron chi connectivity index (χ1n) is 6.88. The number of fused-ring (bicyclic) bond motifs is 2. The molecule has 3 rings (SSSR count). The number of amides is 1. The molecule has 20 heavy (non-hydrogen) atoms. The number of aliphatic carboxylic acids is 1. The highest BCUT2D eigenvalue weighted by Gasteiger charge is 2.51. The van der Waals surface area contributed by atoms with E-state index in [1.807, 2.05) is 6.07 Å². The third-order valence-electron chi connectivity index (χ3n) is 4.43. The second-order valence-electron chi connectivity index (χ2n) is 5.54. The van der Waals surface area contributed by atoms with Gasteiger partial charge in [-0.25, -0.2) is 0 Å². The quantitative estimate of drug-likeness (QED) is 0.848. The average Bonchev–Trinajstić information content (AvgIpc) is 2.74. The zero-order valence-electron chi connectivity index (χ0n) is 11.0. The van der Waals surface area contributed by atoms with E-state index in [1.54, 1.807) is 29.2 Å². The van der Waals surface area contributed by atoms with E-state index in [9.17, 15) is 19.8 Å². The first-order chi connectivity index (χ1) is 9.59. The minimum Gasteiger partial charge on any atom is -0.481 e. The van der Waals surface area contributed by atoms with E-state index in [1.165, 1.54) is 0 Å². The predicted molar refractivity (Wildman–Crippen MR) is 71.2 cm³/mol. The van der Waals surface area contributed by atoms with E-state index in [4.69, 9.17) is 0 Å². The lowest BCUT2D eigenvalue weighted by Gasteiger charge is -2.41. The normalized spacial score (nSPS) is 32.1. The van der Waals surface area contributed by atoms with Crippen molar-refractivity contribution in [3.63, 3.8) is 0 Å². The minimum atomic E-state index is -1.02. The summed E-state index contributed by atoms with van der Waals surface area (Å²) in [4.78, 5) is 25.6. The fraction of sp³-hybridized carbons (Fsp3) is 0.467. The molecule has 5 heteroatoms. The molecule has 0 spiro atoms. The van der Waals surface area contributed by atoms with Crippen molar-refractivity contribution in [1.29, 1.82) is 0 Å².